The molecule has 2 rings (SSSR count). The van der Waals surface area contributed by atoms with Crippen LogP contribution < -0.4 is 4.72 Å². The van der Waals surface area contributed by atoms with Gasteiger partial charge < -0.3 is 4.72 Å². The normalized spacial score (nSPS) is 10.6. The maximum absolute atomic E-state index is 13.7. The predicted octanol–water partition coefficient (Wildman–Crippen LogP) is 5.70. The van der Waals surface area contributed by atoms with Gasteiger partial charge in [0, 0.05) is 10.5 Å². The second-order valence-electron chi connectivity index (χ2n) is 3.81. The molecule has 0 heterocycles. The van der Waals surface area contributed by atoms with Crippen LogP contribution in [0.15, 0.2) is 35.2 Å². The average molecular weight is 320 g/mol. The molecule has 1 N–H and O–H groups in total. The van der Waals surface area contributed by atoms with Crippen LogP contribution in [0.5, 0.6) is 0 Å². The van der Waals surface area contributed by atoms with Crippen molar-refractivity contribution in [2.24, 2.45) is 0 Å². The minimum Gasteiger partial charge on any atom is -0.323 e. The molecule has 2 aromatic rings. The summed E-state index contributed by atoms with van der Waals surface area (Å²) in [6, 6.07) is 7.63. The van der Waals surface area contributed by atoms with Crippen molar-refractivity contribution >= 4 is 40.8 Å². The highest BCUT2D eigenvalue weighted by Gasteiger charge is 2.10. The topological polar surface area (TPSA) is 12.0 Å². The molecule has 100 valence electrons. The van der Waals surface area contributed by atoms with Gasteiger partial charge in [0.2, 0.25) is 0 Å². The van der Waals surface area contributed by atoms with Gasteiger partial charge in [-0.25, -0.2) is 8.78 Å². The van der Waals surface area contributed by atoms with Crippen molar-refractivity contribution in [3.05, 3.63) is 57.6 Å². The fourth-order valence-electron chi connectivity index (χ4n) is 1.39. The summed E-state index contributed by atoms with van der Waals surface area (Å²) >= 11 is 12.8. The standard InChI is InChI=1S/C13H9Cl2F2NS/c1-7-11(16)4-5-12(13(7)17)18-19-8-2-3-9(14)10(15)6-8/h2-6,18H,1H3. The number of rotatable bonds is 3. The summed E-state index contributed by atoms with van der Waals surface area (Å²) in [7, 11) is 0. The minimum atomic E-state index is -0.604. The molecule has 19 heavy (non-hydrogen) atoms. The Morgan fingerprint density at radius 2 is 1.79 bits per heavy atom. The average Bonchev–Trinajstić information content (AvgIpc) is 2.39. The Hall–Kier alpha value is -0.970. The summed E-state index contributed by atoms with van der Waals surface area (Å²) in [5.74, 6) is -1.17. The molecule has 0 bridgehead atoms. The molecule has 0 aliphatic heterocycles. The van der Waals surface area contributed by atoms with E-state index in [9.17, 15) is 8.78 Å². The number of nitrogens with one attached hydrogen (secondary N) is 1. The van der Waals surface area contributed by atoms with Crippen LogP contribution >= 0.6 is 35.1 Å². The summed E-state index contributed by atoms with van der Waals surface area (Å²) in [6.07, 6.45) is 0. The minimum absolute atomic E-state index is 0.0141. The lowest BCUT2D eigenvalue weighted by atomic mass is 10.2. The zero-order valence-electron chi connectivity index (χ0n) is 9.81. The first-order valence-electron chi connectivity index (χ1n) is 5.31. The zero-order chi connectivity index (χ0) is 14.0. The van der Waals surface area contributed by atoms with E-state index in [1.165, 1.54) is 31.0 Å². The van der Waals surface area contributed by atoms with Crippen molar-refractivity contribution in [2.45, 2.75) is 11.8 Å². The van der Waals surface area contributed by atoms with Gasteiger partial charge in [-0.05, 0) is 49.2 Å². The second-order valence-corrected chi connectivity index (χ2v) is 5.51. The van der Waals surface area contributed by atoms with E-state index < -0.39 is 11.6 Å². The van der Waals surface area contributed by atoms with Crippen LogP contribution in [0, 0.1) is 18.6 Å². The van der Waals surface area contributed by atoms with E-state index >= 15 is 0 Å². The third-order valence-corrected chi connectivity index (χ3v) is 4.04. The number of halogens is 4. The molecular weight excluding hydrogens is 311 g/mol. The van der Waals surface area contributed by atoms with Crippen LogP contribution in [0.3, 0.4) is 0 Å². The quantitative estimate of drug-likeness (QED) is 0.728. The van der Waals surface area contributed by atoms with Gasteiger partial charge in [-0.1, -0.05) is 23.2 Å². The zero-order valence-corrected chi connectivity index (χ0v) is 12.1. The molecule has 0 saturated heterocycles. The van der Waals surface area contributed by atoms with Gasteiger partial charge in [0.15, 0.2) is 5.82 Å². The predicted molar refractivity (Wildman–Crippen MR) is 77.0 cm³/mol. The molecule has 0 saturated carbocycles. The van der Waals surface area contributed by atoms with Gasteiger partial charge in [-0.15, -0.1) is 0 Å². The van der Waals surface area contributed by atoms with Crippen molar-refractivity contribution in [1.82, 2.24) is 0 Å². The smallest absolute Gasteiger partial charge is 0.152 e. The maximum Gasteiger partial charge on any atom is 0.152 e. The largest absolute Gasteiger partial charge is 0.323 e. The van der Waals surface area contributed by atoms with Crippen LogP contribution in [-0.2, 0) is 0 Å². The molecule has 0 radical (unpaired) electrons. The van der Waals surface area contributed by atoms with Gasteiger partial charge in [0.1, 0.15) is 5.82 Å². The van der Waals surface area contributed by atoms with Crippen molar-refractivity contribution < 1.29 is 8.78 Å². The Kier molecular flexibility index (Phi) is 4.55. The Morgan fingerprint density at radius 3 is 2.47 bits per heavy atom. The summed E-state index contributed by atoms with van der Waals surface area (Å²) < 4.78 is 29.7. The Bertz CT molecular complexity index is 620. The number of anilines is 1. The first-order valence-corrected chi connectivity index (χ1v) is 6.89. The van der Waals surface area contributed by atoms with Crippen molar-refractivity contribution in [1.29, 1.82) is 0 Å². The molecular formula is C13H9Cl2F2NS. The highest BCUT2D eigenvalue weighted by atomic mass is 35.5. The number of hydrogen-bond donors (Lipinski definition) is 1. The highest BCUT2D eigenvalue weighted by molar-refractivity contribution is 8.00. The molecule has 0 atom stereocenters. The third-order valence-electron chi connectivity index (χ3n) is 2.49. The van der Waals surface area contributed by atoms with Gasteiger partial charge in [-0.2, -0.15) is 0 Å². The van der Waals surface area contributed by atoms with Gasteiger partial charge >= 0.3 is 0 Å². The molecule has 0 fully saturated rings. The number of benzene rings is 2. The fraction of sp³-hybridized carbons (Fsp3) is 0.0769. The second kappa shape index (κ2) is 5.99. The Balaban J connectivity index is 2.14. The molecule has 6 heteroatoms. The lowest BCUT2D eigenvalue weighted by Crippen LogP contribution is -1.96. The van der Waals surface area contributed by atoms with E-state index in [-0.39, 0.29) is 11.3 Å². The summed E-state index contributed by atoms with van der Waals surface area (Å²) in [5.41, 5.74) is 0.203. The van der Waals surface area contributed by atoms with Gasteiger partial charge in [-0.3, -0.25) is 0 Å². The molecule has 0 aromatic heterocycles. The van der Waals surface area contributed by atoms with Gasteiger partial charge in [0.25, 0.3) is 0 Å². The number of hydrogen-bond acceptors (Lipinski definition) is 2. The highest BCUT2D eigenvalue weighted by Crippen LogP contribution is 2.30. The van der Waals surface area contributed by atoms with E-state index in [0.717, 1.165) is 4.90 Å². The van der Waals surface area contributed by atoms with Crippen LogP contribution in [-0.4, -0.2) is 0 Å². The van der Waals surface area contributed by atoms with Crippen LogP contribution in [0.2, 0.25) is 10.0 Å². The molecule has 0 unspecified atom stereocenters. The first kappa shape index (κ1) is 14.4. The van der Waals surface area contributed by atoms with E-state index in [1.807, 2.05) is 0 Å². The Morgan fingerprint density at radius 1 is 1.05 bits per heavy atom. The van der Waals surface area contributed by atoms with E-state index in [1.54, 1.807) is 18.2 Å². The fourth-order valence-corrected chi connectivity index (χ4v) is 2.46. The van der Waals surface area contributed by atoms with Crippen LogP contribution in [0.1, 0.15) is 5.56 Å². The van der Waals surface area contributed by atoms with E-state index in [4.69, 9.17) is 23.2 Å². The maximum atomic E-state index is 13.7. The van der Waals surface area contributed by atoms with Crippen molar-refractivity contribution in [3.8, 4) is 0 Å². The van der Waals surface area contributed by atoms with Crippen LogP contribution in [0.4, 0.5) is 14.5 Å². The third kappa shape index (κ3) is 3.32. The summed E-state index contributed by atoms with van der Waals surface area (Å²) in [4.78, 5) is 0.774. The van der Waals surface area contributed by atoms with E-state index in [2.05, 4.69) is 4.72 Å². The SMILES string of the molecule is Cc1c(F)ccc(NSc2ccc(Cl)c(Cl)c2)c1F. The molecule has 0 amide bonds. The lowest BCUT2D eigenvalue weighted by molar-refractivity contribution is 0.571. The molecule has 1 nitrogen and oxygen atoms in total. The van der Waals surface area contributed by atoms with Crippen molar-refractivity contribution in [2.75, 3.05) is 4.72 Å². The first-order chi connectivity index (χ1) is 8.99. The van der Waals surface area contributed by atoms with E-state index in [0.29, 0.717) is 10.0 Å². The molecule has 0 spiro atoms. The lowest BCUT2D eigenvalue weighted by Gasteiger charge is -2.09. The Labute approximate surface area is 124 Å². The summed E-state index contributed by atoms with van der Waals surface area (Å²) in [5, 5.41) is 0.874. The molecule has 0 aliphatic rings. The van der Waals surface area contributed by atoms with Crippen molar-refractivity contribution in [3.63, 3.8) is 0 Å². The molecule has 0 aliphatic carbocycles. The summed E-state index contributed by atoms with van der Waals surface area (Å²) in [6.45, 7) is 1.39. The molecule has 2 aromatic carbocycles. The monoisotopic (exact) mass is 319 g/mol. The van der Waals surface area contributed by atoms with Crippen LogP contribution in [0.25, 0.3) is 0 Å². The van der Waals surface area contributed by atoms with Gasteiger partial charge in [0.05, 0.1) is 15.7 Å².